The van der Waals surface area contributed by atoms with E-state index in [0.29, 0.717) is 11.5 Å². The molecule has 2 rings (SSSR count). The molecule has 0 bridgehead atoms. The molecule has 1 heterocycles. The van der Waals surface area contributed by atoms with E-state index in [4.69, 9.17) is 10.5 Å². The Morgan fingerprint density at radius 3 is 2.69 bits per heavy atom. The first kappa shape index (κ1) is 10.5. The maximum absolute atomic E-state index is 13.2. The quantitative estimate of drug-likeness (QED) is 0.841. The summed E-state index contributed by atoms with van der Waals surface area (Å²) in [4.78, 5) is 0. The molecule has 0 fully saturated rings. The molecule has 16 heavy (non-hydrogen) atoms. The fourth-order valence-corrected chi connectivity index (χ4v) is 1.44. The van der Waals surface area contributed by atoms with Crippen LogP contribution in [0.1, 0.15) is 0 Å². The third kappa shape index (κ3) is 1.71. The largest absolute Gasteiger partial charge is 0.494 e. The molecule has 0 aliphatic carbocycles. The Labute approximate surface area is 92.4 Å². The summed E-state index contributed by atoms with van der Waals surface area (Å²) in [6.45, 7) is 0. The van der Waals surface area contributed by atoms with Crippen molar-refractivity contribution in [3.8, 4) is 17.0 Å². The van der Waals surface area contributed by atoms with Crippen LogP contribution in [0.5, 0.6) is 5.75 Å². The molecule has 0 aliphatic rings. The van der Waals surface area contributed by atoms with E-state index in [1.54, 1.807) is 29.9 Å². The van der Waals surface area contributed by atoms with Gasteiger partial charge in [0.05, 0.1) is 12.8 Å². The van der Waals surface area contributed by atoms with Crippen molar-refractivity contribution < 1.29 is 9.13 Å². The van der Waals surface area contributed by atoms with Gasteiger partial charge in [-0.25, -0.2) is 4.39 Å². The second kappa shape index (κ2) is 3.84. The van der Waals surface area contributed by atoms with Crippen LogP contribution in [0.4, 0.5) is 10.2 Å². The number of aryl methyl sites for hydroxylation is 1. The fourth-order valence-electron chi connectivity index (χ4n) is 1.44. The van der Waals surface area contributed by atoms with Crippen LogP contribution >= 0.6 is 0 Å². The Bertz CT molecular complexity index is 502. The van der Waals surface area contributed by atoms with Crippen LogP contribution < -0.4 is 10.5 Å². The van der Waals surface area contributed by atoms with Gasteiger partial charge in [-0.3, -0.25) is 4.68 Å². The van der Waals surface area contributed by atoms with Crippen LogP contribution in [0, 0.1) is 5.82 Å². The van der Waals surface area contributed by atoms with Gasteiger partial charge in [0.25, 0.3) is 0 Å². The van der Waals surface area contributed by atoms with Crippen LogP contribution in [0.3, 0.4) is 0 Å². The van der Waals surface area contributed by atoms with Crippen LogP contribution in [-0.4, -0.2) is 16.9 Å². The summed E-state index contributed by atoms with van der Waals surface area (Å²) in [5.41, 5.74) is 7.14. The number of benzene rings is 1. The first-order chi connectivity index (χ1) is 7.61. The number of aromatic nitrogens is 2. The molecule has 1 aromatic heterocycles. The van der Waals surface area contributed by atoms with Crippen molar-refractivity contribution in [1.29, 1.82) is 0 Å². The minimum absolute atomic E-state index is 0.196. The summed E-state index contributed by atoms with van der Waals surface area (Å²) in [6, 6.07) is 6.31. The second-order valence-electron chi connectivity index (χ2n) is 3.43. The van der Waals surface area contributed by atoms with Crippen molar-refractivity contribution in [1.82, 2.24) is 9.78 Å². The van der Waals surface area contributed by atoms with Gasteiger partial charge in [0.15, 0.2) is 11.6 Å². The molecular weight excluding hydrogens is 209 g/mol. The fraction of sp³-hybridized carbons (Fsp3) is 0.182. The lowest BCUT2D eigenvalue weighted by atomic mass is 10.1. The number of anilines is 1. The van der Waals surface area contributed by atoms with Gasteiger partial charge in [-0.1, -0.05) is 0 Å². The van der Waals surface area contributed by atoms with Gasteiger partial charge in [0, 0.05) is 18.7 Å². The number of nitrogen functional groups attached to an aromatic ring is 1. The minimum Gasteiger partial charge on any atom is -0.494 e. The lowest BCUT2D eigenvalue weighted by Crippen LogP contribution is -1.96. The topological polar surface area (TPSA) is 53.1 Å². The van der Waals surface area contributed by atoms with Gasteiger partial charge < -0.3 is 10.5 Å². The number of nitrogens with zero attached hydrogens (tertiary/aromatic N) is 2. The van der Waals surface area contributed by atoms with Gasteiger partial charge in [-0.05, 0) is 18.2 Å². The van der Waals surface area contributed by atoms with Gasteiger partial charge in [0.2, 0.25) is 0 Å². The van der Waals surface area contributed by atoms with Crippen LogP contribution in [0.15, 0.2) is 24.3 Å². The highest BCUT2D eigenvalue weighted by Crippen LogP contribution is 2.26. The number of rotatable bonds is 2. The minimum atomic E-state index is -0.393. The molecule has 1 aromatic carbocycles. The van der Waals surface area contributed by atoms with Gasteiger partial charge >= 0.3 is 0 Å². The summed E-state index contributed by atoms with van der Waals surface area (Å²) >= 11 is 0. The third-order valence-electron chi connectivity index (χ3n) is 2.36. The lowest BCUT2D eigenvalue weighted by Gasteiger charge is -2.03. The summed E-state index contributed by atoms with van der Waals surface area (Å²) < 4.78 is 19.7. The van der Waals surface area contributed by atoms with Crippen molar-refractivity contribution in [2.24, 2.45) is 7.05 Å². The molecule has 0 spiro atoms. The molecule has 4 nitrogen and oxygen atoms in total. The molecule has 5 heteroatoms. The number of halogens is 1. The second-order valence-corrected chi connectivity index (χ2v) is 3.43. The first-order valence-corrected chi connectivity index (χ1v) is 4.75. The number of hydrogen-bond donors (Lipinski definition) is 1. The Hall–Kier alpha value is -2.04. The highest BCUT2D eigenvalue weighted by atomic mass is 19.1. The van der Waals surface area contributed by atoms with Crippen LogP contribution in [0.25, 0.3) is 11.3 Å². The van der Waals surface area contributed by atoms with Crippen LogP contribution in [-0.2, 0) is 7.05 Å². The normalized spacial score (nSPS) is 10.4. The van der Waals surface area contributed by atoms with Crippen molar-refractivity contribution >= 4 is 5.82 Å². The standard InChI is InChI=1S/C11H12FN3O/c1-15-11(13)6-9(14-15)7-3-4-8(12)10(5-7)16-2/h3-6H,13H2,1-2H3. The van der Waals surface area contributed by atoms with E-state index < -0.39 is 5.82 Å². The summed E-state index contributed by atoms with van der Waals surface area (Å²) in [5, 5.41) is 4.20. The molecule has 0 atom stereocenters. The number of ether oxygens (including phenoxy) is 1. The van der Waals surface area contributed by atoms with Crippen molar-refractivity contribution in [3.05, 3.63) is 30.1 Å². The Morgan fingerprint density at radius 2 is 2.12 bits per heavy atom. The molecule has 0 amide bonds. The van der Waals surface area contributed by atoms with E-state index in [1.165, 1.54) is 13.2 Å². The maximum atomic E-state index is 13.2. The highest BCUT2D eigenvalue weighted by molar-refractivity contribution is 5.64. The predicted molar refractivity (Wildman–Crippen MR) is 59.6 cm³/mol. The van der Waals surface area contributed by atoms with Gasteiger partial charge in [-0.15, -0.1) is 0 Å². The molecule has 0 saturated heterocycles. The van der Waals surface area contributed by atoms with Gasteiger partial charge in [-0.2, -0.15) is 5.10 Å². The smallest absolute Gasteiger partial charge is 0.165 e. The molecule has 2 aromatic rings. The number of nitrogens with two attached hydrogens (primary N) is 1. The third-order valence-corrected chi connectivity index (χ3v) is 2.36. The van der Waals surface area contributed by atoms with E-state index in [9.17, 15) is 4.39 Å². The molecule has 0 aliphatic heterocycles. The molecule has 0 unspecified atom stereocenters. The maximum Gasteiger partial charge on any atom is 0.165 e. The monoisotopic (exact) mass is 221 g/mol. The van der Waals surface area contributed by atoms with Crippen molar-refractivity contribution in [2.45, 2.75) is 0 Å². The van der Waals surface area contributed by atoms with E-state index in [1.807, 2.05) is 0 Å². The first-order valence-electron chi connectivity index (χ1n) is 4.75. The number of methoxy groups -OCH3 is 1. The average molecular weight is 221 g/mol. The van der Waals surface area contributed by atoms with Gasteiger partial charge in [0.1, 0.15) is 5.82 Å². The van der Waals surface area contributed by atoms with E-state index in [2.05, 4.69) is 5.10 Å². The molecule has 0 saturated carbocycles. The lowest BCUT2D eigenvalue weighted by molar-refractivity contribution is 0.387. The Balaban J connectivity index is 2.48. The van der Waals surface area contributed by atoms with E-state index in [-0.39, 0.29) is 5.75 Å². The van der Waals surface area contributed by atoms with Crippen molar-refractivity contribution in [3.63, 3.8) is 0 Å². The SMILES string of the molecule is COc1cc(-c2cc(N)n(C)n2)ccc1F. The summed E-state index contributed by atoms with van der Waals surface area (Å²) in [6.07, 6.45) is 0. The predicted octanol–water partition coefficient (Wildman–Crippen LogP) is 1.82. The van der Waals surface area contributed by atoms with E-state index >= 15 is 0 Å². The molecule has 0 radical (unpaired) electrons. The summed E-state index contributed by atoms with van der Waals surface area (Å²) in [7, 11) is 3.18. The number of hydrogen-bond acceptors (Lipinski definition) is 3. The zero-order valence-corrected chi connectivity index (χ0v) is 9.07. The Morgan fingerprint density at radius 1 is 1.38 bits per heavy atom. The highest BCUT2D eigenvalue weighted by Gasteiger charge is 2.08. The molecular formula is C11H12FN3O. The zero-order valence-electron chi connectivity index (χ0n) is 9.07. The van der Waals surface area contributed by atoms with E-state index in [0.717, 1.165) is 5.56 Å². The summed E-state index contributed by atoms with van der Waals surface area (Å²) in [5.74, 6) is 0.357. The Kier molecular flexibility index (Phi) is 2.52. The molecule has 84 valence electrons. The van der Waals surface area contributed by atoms with Crippen molar-refractivity contribution in [2.75, 3.05) is 12.8 Å². The van der Waals surface area contributed by atoms with Crippen LogP contribution in [0.2, 0.25) is 0 Å². The zero-order chi connectivity index (χ0) is 11.7. The average Bonchev–Trinajstić information content (AvgIpc) is 2.60. The molecule has 2 N–H and O–H groups in total.